The molecule has 1 saturated heterocycles. The van der Waals surface area contributed by atoms with Crippen LogP contribution in [-0.2, 0) is 17.8 Å². The average molecular weight is 232 g/mol. The molecule has 1 aromatic heterocycles. The van der Waals surface area contributed by atoms with Gasteiger partial charge in [0.1, 0.15) is 6.33 Å². The fraction of sp³-hybridized carbons (Fsp3) is 0.583. The highest BCUT2D eigenvalue weighted by Gasteiger charge is 2.35. The molecule has 1 amide bonds. The summed E-state index contributed by atoms with van der Waals surface area (Å²) in [6.45, 7) is 2.60. The predicted octanol–water partition coefficient (Wildman–Crippen LogP) is 0.0654. The molecule has 1 aromatic rings. The Labute approximate surface area is 100 Å². The van der Waals surface area contributed by atoms with E-state index in [1.54, 1.807) is 6.33 Å². The number of fused-ring (bicyclic) bond motifs is 1. The Hall–Kier alpha value is -1.49. The quantitative estimate of drug-likeness (QED) is 0.687. The van der Waals surface area contributed by atoms with Crippen LogP contribution in [0.5, 0.6) is 0 Å². The third-order valence-corrected chi connectivity index (χ3v) is 3.73. The average Bonchev–Trinajstić information content (AvgIpc) is 2.70. The molecule has 0 N–H and O–H groups in total. The molecule has 1 fully saturated rings. The van der Waals surface area contributed by atoms with E-state index in [0.29, 0.717) is 0 Å². The van der Waals surface area contributed by atoms with E-state index in [-0.39, 0.29) is 11.9 Å². The van der Waals surface area contributed by atoms with Crippen molar-refractivity contribution in [1.29, 1.82) is 0 Å². The Bertz CT molecular complexity index is 448. The van der Waals surface area contributed by atoms with Crippen molar-refractivity contribution in [2.75, 3.05) is 20.1 Å². The van der Waals surface area contributed by atoms with Gasteiger partial charge in [0.2, 0.25) is 5.91 Å². The highest BCUT2D eigenvalue weighted by Crippen LogP contribution is 2.22. The number of likely N-dealkylation sites (N-methyl/N-ethyl adjacent to an activating group) is 1. The maximum absolute atomic E-state index is 12.0. The van der Waals surface area contributed by atoms with E-state index >= 15 is 0 Å². The predicted molar refractivity (Wildman–Crippen MR) is 62.2 cm³/mol. The maximum Gasteiger partial charge on any atom is 0.239 e. The second-order valence-electron chi connectivity index (χ2n) is 4.78. The van der Waals surface area contributed by atoms with Gasteiger partial charge < -0.3 is 4.90 Å². The summed E-state index contributed by atoms with van der Waals surface area (Å²) in [6.07, 6.45) is 5.34. The zero-order valence-electron chi connectivity index (χ0n) is 9.96. The first-order chi connectivity index (χ1) is 8.25. The van der Waals surface area contributed by atoms with Gasteiger partial charge >= 0.3 is 0 Å². The topological polar surface area (TPSA) is 49.3 Å². The molecule has 5 nitrogen and oxygen atoms in total. The Morgan fingerprint density at radius 2 is 2.29 bits per heavy atom. The van der Waals surface area contributed by atoms with Gasteiger partial charge in [-0.2, -0.15) is 0 Å². The second-order valence-corrected chi connectivity index (χ2v) is 4.78. The molecule has 2 aliphatic heterocycles. The molecule has 2 aliphatic rings. The Morgan fingerprint density at radius 3 is 3.06 bits per heavy atom. The minimum absolute atomic E-state index is 0.0633. The van der Waals surface area contributed by atoms with Gasteiger partial charge in [0.25, 0.3) is 0 Å². The van der Waals surface area contributed by atoms with Gasteiger partial charge in [-0.25, -0.2) is 9.97 Å². The van der Waals surface area contributed by atoms with Crippen molar-refractivity contribution < 1.29 is 4.79 Å². The van der Waals surface area contributed by atoms with Crippen LogP contribution in [0.25, 0.3) is 0 Å². The highest BCUT2D eigenvalue weighted by atomic mass is 16.2. The summed E-state index contributed by atoms with van der Waals surface area (Å²) in [4.78, 5) is 24.4. The van der Waals surface area contributed by atoms with Crippen LogP contribution in [0.4, 0.5) is 0 Å². The summed E-state index contributed by atoms with van der Waals surface area (Å²) in [5, 5.41) is 0. The normalized spacial score (nSPS) is 25.1. The maximum atomic E-state index is 12.0. The molecule has 1 unspecified atom stereocenters. The Balaban J connectivity index is 1.78. The van der Waals surface area contributed by atoms with Crippen molar-refractivity contribution in [1.82, 2.24) is 19.8 Å². The molecule has 0 aliphatic carbocycles. The van der Waals surface area contributed by atoms with Gasteiger partial charge in [-0.15, -0.1) is 0 Å². The highest BCUT2D eigenvalue weighted by molar-refractivity contribution is 5.83. The van der Waals surface area contributed by atoms with E-state index in [1.165, 1.54) is 5.56 Å². The zero-order valence-corrected chi connectivity index (χ0v) is 9.96. The lowest BCUT2D eigenvalue weighted by atomic mass is 10.0. The smallest absolute Gasteiger partial charge is 0.239 e. The number of rotatable bonds is 1. The minimum Gasteiger partial charge on any atom is -0.344 e. The van der Waals surface area contributed by atoms with Crippen molar-refractivity contribution >= 4 is 5.91 Å². The standard InChI is InChI=1S/C12H16N4O/c1-15-4-3-11(12(15)17)16-5-2-10-9(7-16)6-13-8-14-10/h6,8,11H,2-5,7H2,1H3. The molecule has 0 radical (unpaired) electrons. The second kappa shape index (κ2) is 4.07. The van der Waals surface area contributed by atoms with Gasteiger partial charge in [0, 0.05) is 50.6 Å². The van der Waals surface area contributed by atoms with Crippen molar-refractivity contribution in [2.45, 2.75) is 25.4 Å². The summed E-state index contributed by atoms with van der Waals surface area (Å²) < 4.78 is 0. The lowest BCUT2D eigenvalue weighted by Crippen LogP contribution is -2.43. The van der Waals surface area contributed by atoms with E-state index in [2.05, 4.69) is 14.9 Å². The molecular formula is C12H16N4O. The number of carbonyl (C=O) groups excluding carboxylic acids is 1. The van der Waals surface area contributed by atoms with Crippen LogP contribution in [-0.4, -0.2) is 51.9 Å². The number of hydrogen-bond acceptors (Lipinski definition) is 4. The summed E-state index contributed by atoms with van der Waals surface area (Å²) in [5.41, 5.74) is 2.30. The van der Waals surface area contributed by atoms with Crippen LogP contribution in [0.2, 0.25) is 0 Å². The van der Waals surface area contributed by atoms with Crippen molar-refractivity contribution in [3.8, 4) is 0 Å². The number of amides is 1. The van der Waals surface area contributed by atoms with Gasteiger partial charge in [-0.3, -0.25) is 9.69 Å². The van der Waals surface area contributed by atoms with E-state index in [1.807, 2.05) is 18.1 Å². The van der Waals surface area contributed by atoms with Crippen molar-refractivity contribution in [3.05, 3.63) is 23.8 Å². The number of hydrogen-bond donors (Lipinski definition) is 0. The van der Waals surface area contributed by atoms with Crippen molar-refractivity contribution in [3.63, 3.8) is 0 Å². The number of likely N-dealkylation sites (tertiary alicyclic amines) is 1. The molecule has 5 heteroatoms. The minimum atomic E-state index is 0.0633. The van der Waals surface area contributed by atoms with Crippen LogP contribution in [0.15, 0.2) is 12.5 Å². The SMILES string of the molecule is CN1CCC(N2CCc3ncncc3C2)C1=O. The van der Waals surface area contributed by atoms with E-state index in [0.717, 1.165) is 38.2 Å². The van der Waals surface area contributed by atoms with Crippen molar-refractivity contribution in [2.24, 2.45) is 0 Å². The number of nitrogens with zero attached hydrogens (tertiary/aromatic N) is 4. The third kappa shape index (κ3) is 1.80. The lowest BCUT2D eigenvalue weighted by Gasteiger charge is -2.31. The fourth-order valence-electron chi connectivity index (χ4n) is 2.70. The van der Waals surface area contributed by atoms with Gasteiger partial charge in [-0.05, 0) is 6.42 Å². The molecule has 0 bridgehead atoms. The van der Waals surface area contributed by atoms with Gasteiger partial charge in [0.05, 0.1) is 6.04 Å². The zero-order chi connectivity index (χ0) is 11.8. The number of carbonyl (C=O) groups is 1. The lowest BCUT2D eigenvalue weighted by molar-refractivity contribution is -0.131. The van der Waals surface area contributed by atoms with E-state index in [9.17, 15) is 4.79 Å². The molecule has 1 atom stereocenters. The fourth-order valence-corrected chi connectivity index (χ4v) is 2.70. The molecule has 0 spiro atoms. The van der Waals surface area contributed by atoms with Crippen LogP contribution in [0.3, 0.4) is 0 Å². The first-order valence-electron chi connectivity index (χ1n) is 6.02. The van der Waals surface area contributed by atoms with Gasteiger partial charge in [0.15, 0.2) is 0 Å². The largest absolute Gasteiger partial charge is 0.344 e. The molecule has 0 saturated carbocycles. The molecule has 3 heterocycles. The van der Waals surface area contributed by atoms with Gasteiger partial charge in [-0.1, -0.05) is 0 Å². The summed E-state index contributed by atoms with van der Waals surface area (Å²) in [5.74, 6) is 0.255. The van der Waals surface area contributed by atoms with E-state index in [4.69, 9.17) is 0 Å². The van der Waals surface area contributed by atoms with Crippen LogP contribution in [0, 0.1) is 0 Å². The molecular weight excluding hydrogens is 216 g/mol. The van der Waals surface area contributed by atoms with Crippen LogP contribution < -0.4 is 0 Å². The number of aromatic nitrogens is 2. The van der Waals surface area contributed by atoms with Crippen LogP contribution in [0.1, 0.15) is 17.7 Å². The monoisotopic (exact) mass is 232 g/mol. The Morgan fingerprint density at radius 1 is 1.41 bits per heavy atom. The summed E-state index contributed by atoms with van der Waals surface area (Å²) in [6, 6.07) is 0.0633. The molecule has 90 valence electrons. The Kier molecular flexibility index (Phi) is 2.55. The third-order valence-electron chi connectivity index (χ3n) is 3.73. The summed E-state index contributed by atoms with van der Waals surface area (Å²) >= 11 is 0. The molecule has 17 heavy (non-hydrogen) atoms. The summed E-state index contributed by atoms with van der Waals surface area (Å²) in [7, 11) is 1.88. The first-order valence-corrected chi connectivity index (χ1v) is 6.02. The van der Waals surface area contributed by atoms with E-state index < -0.39 is 0 Å². The first kappa shape index (κ1) is 10.7. The van der Waals surface area contributed by atoms with Crippen LogP contribution >= 0.6 is 0 Å². The molecule has 0 aromatic carbocycles. The molecule has 3 rings (SSSR count).